The zero-order valence-corrected chi connectivity index (χ0v) is 9.36. The van der Waals surface area contributed by atoms with Crippen molar-refractivity contribution in [2.24, 2.45) is 5.73 Å². The number of hydrogen-bond acceptors (Lipinski definition) is 4. The number of anilines is 1. The third-order valence-corrected chi connectivity index (χ3v) is 2.09. The van der Waals surface area contributed by atoms with E-state index >= 15 is 0 Å². The molecular formula is C11H19N3O. The van der Waals surface area contributed by atoms with E-state index in [4.69, 9.17) is 10.5 Å². The molecule has 0 amide bonds. The van der Waals surface area contributed by atoms with E-state index in [1.54, 1.807) is 0 Å². The van der Waals surface area contributed by atoms with Crippen LogP contribution in [0.3, 0.4) is 0 Å². The van der Waals surface area contributed by atoms with Crippen molar-refractivity contribution in [1.29, 1.82) is 0 Å². The highest BCUT2D eigenvalue weighted by molar-refractivity contribution is 5.37. The molecule has 84 valence electrons. The lowest BCUT2D eigenvalue weighted by Gasteiger charge is -2.11. The molecule has 1 aromatic heterocycles. The van der Waals surface area contributed by atoms with Crippen molar-refractivity contribution in [3.8, 4) is 5.88 Å². The van der Waals surface area contributed by atoms with Gasteiger partial charge in [0.2, 0.25) is 5.88 Å². The molecule has 1 unspecified atom stereocenters. The fourth-order valence-corrected chi connectivity index (χ4v) is 1.12. The van der Waals surface area contributed by atoms with Gasteiger partial charge in [-0.05, 0) is 19.4 Å². The van der Waals surface area contributed by atoms with Crippen LogP contribution in [-0.2, 0) is 0 Å². The lowest BCUT2D eigenvalue weighted by molar-refractivity contribution is 0.327. The summed E-state index contributed by atoms with van der Waals surface area (Å²) < 4.78 is 5.30. The van der Waals surface area contributed by atoms with Gasteiger partial charge in [-0.15, -0.1) is 0 Å². The normalized spacial score (nSPS) is 12.2. The average Bonchev–Trinajstić information content (AvgIpc) is 2.27. The van der Waals surface area contributed by atoms with E-state index in [-0.39, 0.29) is 6.04 Å². The molecule has 1 rings (SSSR count). The number of nitrogens with one attached hydrogen (secondary N) is 1. The zero-order valence-electron chi connectivity index (χ0n) is 9.36. The largest absolute Gasteiger partial charge is 0.478 e. The summed E-state index contributed by atoms with van der Waals surface area (Å²) in [5.74, 6) is 1.46. The Morgan fingerprint density at radius 3 is 2.93 bits per heavy atom. The van der Waals surface area contributed by atoms with Gasteiger partial charge in [0.25, 0.3) is 0 Å². The van der Waals surface area contributed by atoms with Crippen molar-refractivity contribution in [2.75, 3.05) is 18.5 Å². The van der Waals surface area contributed by atoms with Gasteiger partial charge in [0.05, 0.1) is 6.61 Å². The molecule has 0 spiro atoms. The molecule has 1 heterocycles. The van der Waals surface area contributed by atoms with Crippen molar-refractivity contribution in [3.05, 3.63) is 18.2 Å². The summed E-state index contributed by atoms with van der Waals surface area (Å²) in [5.41, 5.74) is 5.80. The van der Waals surface area contributed by atoms with Crippen LogP contribution < -0.4 is 15.8 Å². The van der Waals surface area contributed by atoms with E-state index in [1.807, 2.05) is 25.1 Å². The molecule has 1 aromatic rings. The van der Waals surface area contributed by atoms with E-state index in [2.05, 4.69) is 17.2 Å². The van der Waals surface area contributed by atoms with Crippen LogP contribution in [0.25, 0.3) is 0 Å². The fraction of sp³-hybridized carbons (Fsp3) is 0.545. The molecule has 0 aliphatic heterocycles. The smallest absolute Gasteiger partial charge is 0.215 e. The van der Waals surface area contributed by atoms with Crippen LogP contribution in [0.5, 0.6) is 5.88 Å². The maximum atomic E-state index is 5.80. The average molecular weight is 209 g/mol. The highest BCUT2D eigenvalue weighted by Gasteiger charge is 2.00. The second-order valence-electron chi connectivity index (χ2n) is 3.34. The summed E-state index contributed by atoms with van der Waals surface area (Å²) in [6.07, 6.45) is 0.956. The lowest BCUT2D eigenvalue weighted by atomic mass is 10.2. The Kier molecular flexibility index (Phi) is 4.90. The quantitative estimate of drug-likeness (QED) is 0.747. The van der Waals surface area contributed by atoms with E-state index in [1.165, 1.54) is 0 Å². The molecule has 4 nitrogen and oxygen atoms in total. The van der Waals surface area contributed by atoms with Gasteiger partial charge in [-0.3, -0.25) is 0 Å². The van der Waals surface area contributed by atoms with E-state index in [0.29, 0.717) is 12.5 Å². The molecule has 0 saturated carbocycles. The Morgan fingerprint density at radius 2 is 2.27 bits per heavy atom. The van der Waals surface area contributed by atoms with E-state index in [0.717, 1.165) is 18.8 Å². The monoisotopic (exact) mass is 209 g/mol. The summed E-state index contributed by atoms with van der Waals surface area (Å²) in [5, 5.41) is 3.18. The Labute approximate surface area is 90.8 Å². The Hall–Kier alpha value is -1.29. The van der Waals surface area contributed by atoms with Crippen molar-refractivity contribution in [2.45, 2.75) is 26.3 Å². The second-order valence-corrected chi connectivity index (χ2v) is 3.34. The molecule has 3 N–H and O–H groups in total. The van der Waals surface area contributed by atoms with Gasteiger partial charge in [-0.2, -0.15) is 4.98 Å². The van der Waals surface area contributed by atoms with Crippen LogP contribution in [0.2, 0.25) is 0 Å². The first kappa shape index (κ1) is 11.8. The zero-order chi connectivity index (χ0) is 11.1. The molecular weight excluding hydrogens is 190 g/mol. The number of nitrogens with zero attached hydrogens (tertiary/aromatic N) is 1. The van der Waals surface area contributed by atoms with E-state index < -0.39 is 0 Å². The maximum Gasteiger partial charge on any atom is 0.215 e. The fourth-order valence-electron chi connectivity index (χ4n) is 1.12. The van der Waals surface area contributed by atoms with Crippen molar-refractivity contribution >= 4 is 5.82 Å². The Morgan fingerprint density at radius 1 is 1.47 bits per heavy atom. The van der Waals surface area contributed by atoms with E-state index in [9.17, 15) is 0 Å². The minimum Gasteiger partial charge on any atom is -0.478 e. The number of nitrogens with two attached hydrogens (primary N) is 1. The molecule has 1 atom stereocenters. The van der Waals surface area contributed by atoms with Crippen LogP contribution in [-0.4, -0.2) is 24.2 Å². The van der Waals surface area contributed by atoms with Crippen molar-refractivity contribution < 1.29 is 4.74 Å². The van der Waals surface area contributed by atoms with Gasteiger partial charge in [0, 0.05) is 18.7 Å². The number of ether oxygens (including phenoxy) is 1. The van der Waals surface area contributed by atoms with Gasteiger partial charge >= 0.3 is 0 Å². The number of aromatic nitrogens is 1. The highest BCUT2D eigenvalue weighted by Crippen LogP contribution is 2.11. The van der Waals surface area contributed by atoms with Gasteiger partial charge < -0.3 is 15.8 Å². The number of pyridine rings is 1. The van der Waals surface area contributed by atoms with Crippen molar-refractivity contribution in [1.82, 2.24) is 4.98 Å². The Bertz CT molecular complexity index is 291. The van der Waals surface area contributed by atoms with Crippen molar-refractivity contribution in [3.63, 3.8) is 0 Å². The summed E-state index contributed by atoms with van der Waals surface area (Å²) in [6.45, 7) is 5.37. The van der Waals surface area contributed by atoms with Gasteiger partial charge in [0.15, 0.2) is 0 Å². The summed E-state index contributed by atoms with van der Waals surface area (Å²) in [4.78, 5) is 4.28. The van der Waals surface area contributed by atoms with Crippen LogP contribution in [0.15, 0.2) is 18.2 Å². The molecule has 0 bridgehead atoms. The molecule has 0 radical (unpaired) electrons. The molecule has 0 aliphatic rings. The predicted octanol–water partition coefficient (Wildman–Crippen LogP) is 1.63. The maximum absolute atomic E-state index is 5.80. The first-order valence-electron chi connectivity index (χ1n) is 5.35. The van der Waals surface area contributed by atoms with Crippen LogP contribution >= 0.6 is 0 Å². The van der Waals surface area contributed by atoms with Crippen LogP contribution in [0.4, 0.5) is 5.82 Å². The molecule has 15 heavy (non-hydrogen) atoms. The van der Waals surface area contributed by atoms with Crippen LogP contribution in [0.1, 0.15) is 20.3 Å². The molecule has 0 aromatic carbocycles. The SMILES string of the molecule is CCOc1cccc(NCC(N)CC)n1. The standard InChI is InChI=1S/C11H19N3O/c1-3-9(12)8-13-10-6-5-7-11(14-10)15-4-2/h5-7,9H,3-4,8,12H2,1-2H3,(H,13,14). The topological polar surface area (TPSA) is 60.2 Å². The third kappa shape index (κ3) is 4.16. The summed E-state index contributed by atoms with van der Waals surface area (Å²) in [6, 6.07) is 5.83. The van der Waals surface area contributed by atoms with Gasteiger partial charge in [-0.1, -0.05) is 13.0 Å². The second kappa shape index (κ2) is 6.24. The third-order valence-electron chi connectivity index (χ3n) is 2.09. The number of hydrogen-bond donors (Lipinski definition) is 2. The molecule has 0 aliphatic carbocycles. The predicted molar refractivity (Wildman–Crippen MR) is 62.2 cm³/mol. The minimum absolute atomic E-state index is 0.169. The van der Waals surface area contributed by atoms with Gasteiger partial charge in [0.1, 0.15) is 5.82 Å². The first-order valence-corrected chi connectivity index (χ1v) is 5.35. The Balaban J connectivity index is 2.50. The first-order chi connectivity index (χ1) is 7.26. The van der Waals surface area contributed by atoms with Crippen LogP contribution in [0, 0.1) is 0 Å². The lowest BCUT2D eigenvalue weighted by Crippen LogP contribution is -2.28. The highest BCUT2D eigenvalue weighted by atomic mass is 16.5. The number of rotatable bonds is 6. The van der Waals surface area contributed by atoms with Gasteiger partial charge in [-0.25, -0.2) is 0 Å². The molecule has 0 fully saturated rings. The summed E-state index contributed by atoms with van der Waals surface area (Å²) >= 11 is 0. The molecule has 0 saturated heterocycles. The minimum atomic E-state index is 0.169. The molecule has 4 heteroatoms. The summed E-state index contributed by atoms with van der Waals surface area (Å²) in [7, 11) is 0.